The van der Waals surface area contributed by atoms with Crippen molar-refractivity contribution in [2.45, 2.75) is 0 Å². The lowest BCUT2D eigenvalue weighted by molar-refractivity contribution is -0.104. The van der Waals surface area contributed by atoms with E-state index in [2.05, 4.69) is 0 Å². The Hall–Kier alpha value is -1.82. The molecule has 1 heterocycles. The highest BCUT2D eigenvalue weighted by Gasteiger charge is 1.94. The lowest BCUT2D eigenvalue weighted by Gasteiger charge is -1.81. The molecule has 1 aromatic rings. The van der Waals surface area contributed by atoms with Crippen molar-refractivity contribution >= 4 is 12.4 Å². The Morgan fingerprint density at radius 3 is 3.00 bits per heavy atom. The van der Waals surface area contributed by atoms with E-state index in [1.165, 1.54) is 12.3 Å². The van der Waals surface area contributed by atoms with Crippen LogP contribution in [0.4, 0.5) is 0 Å². The topological polar surface area (TPSA) is 54.0 Å². The van der Waals surface area contributed by atoms with E-state index in [0.717, 1.165) is 0 Å². The second-order valence-corrected chi connectivity index (χ2v) is 1.84. The molecule has 0 saturated carbocycles. The van der Waals surface area contributed by atoms with E-state index in [1.54, 1.807) is 18.2 Å². The second-order valence-electron chi connectivity index (χ2n) is 1.84. The van der Waals surface area contributed by atoms with Gasteiger partial charge in [0.25, 0.3) is 0 Å². The fourth-order valence-electron chi connectivity index (χ4n) is 0.619. The normalized spacial score (nSPS) is 10.6. The highest BCUT2D eigenvalue weighted by molar-refractivity contribution is 5.86. The van der Waals surface area contributed by atoms with Gasteiger partial charge in [0.2, 0.25) is 0 Å². The Morgan fingerprint density at radius 2 is 2.55 bits per heavy atom. The average molecular weight is 147 g/mol. The summed E-state index contributed by atoms with van der Waals surface area (Å²) in [6.45, 7) is 0. The molecule has 0 aliphatic heterocycles. The molecule has 0 amide bonds. The van der Waals surface area contributed by atoms with Crippen LogP contribution in [-0.2, 0) is 4.79 Å². The first kappa shape index (κ1) is 7.29. The van der Waals surface area contributed by atoms with E-state index in [9.17, 15) is 4.79 Å². The van der Waals surface area contributed by atoms with Gasteiger partial charge in [0, 0.05) is 6.08 Å². The van der Waals surface area contributed by atoms with Crippen LogP contribution in [0.1, 0.15) is 5.76 Å². The largest absolute Gasteiger partial charge is 0.465 e. The molecule has 0 N–H and O–H groups in total. The van der Waals surface area contributed by atoms with Gasteiger partial charge >= 0.3 is 0 Å². The maximum atomic E-state index is 10.1. The summed E-state index contributed by atoms with van der Waals surface area (Å²) in [6.07, 6.45) is 3.35. The standard InChI is InChI=1S/C8H5NO2/c9-5-7(6-10)4-8-2-1-3-11-8/h1-4,6H/b7-4+. The molecular formula is C8H5NO2. The summed E-state index contributed by atoms with van der Waals surface area (Å²) in [5.74, 6) is 0.508. The zero-order valence-corrected chi connectivity index (χ0v) is 5.65. The van der Waals surface area contributed by atoms with Crippen LogP contribution in [0.2, 0.25) is 0 Å². The Kier molecular flexibility index (Phi) is 2.24. The molecule has 0 aliphatic rings. The molecule has 0 aliphatic carbocycles. The second kappa shape index (κ2) is 3.37. The first-order valence-corrected chi connectivity index (χ1v) is 2.97. The predicted molar refractivity (Wildman–Crippen MR) is 38.4 cm³/mol. The zero-order valence-electron chi connectivity index (χ0n) is 5.65. The van der Waals surface area contributed by atoms with Gasteiger partial charge in [-0.1, -0.05) is 0 Å². The summed E-state index contributed by atoms with van der Waals surface area (Å²) in [7, 11) is 0. The van der Waals surface area contributed by atoms with Gasteiger partial charge in [0.05, 0.1) is 11.8 Å². The van der Waals surface area contributed by atoms with Crippen molar-refractivity contribution in [1.29, 1.82) is 5.26 Å². The summed E-state index contributed by atoms with van der Waals surface area (Å²) >= 11 is 0. The van der Waals surface area contributed by atoms with Crippen LogP contribution in [0.25, 0.3) is 6.08 Å². The number of rotatable bonds is 2. The smallest absolute Gasteiger partial charge is 0.160 e. The van der Waals surface area contributed by atoms with Gasteiger partial charge in [-0.2, -0.15) is 5.26 Å². The summed E-state index contributed by atoms with van der Waals surface area (Å²) in [5.41, 5.74) is 0.0555. The fourth-order valence-corrected chi connectivity index (χ4v) is 0.619. The number of furan rings is 1. The fraction of sp³-hybridized carbons (Fsp3) is 0. The maximum absolute atomic E-state index is 10.1. The van der Waals surface area contributed by atoms with Crippen LogP contribution in [0.3, 0.4) is 0 Å². The highest BCUT2D eigenvalue weighted by atomic mass is 16.3. The molecule has 0 atom stereocenters. The number of allylic oxidation sites excluding steroid dienone is 1. The molecule has 3 heteroatoms. The minimum Gasteiger partial charge on any atom is -0.465 e. The SMILES string of the molecule is N#C/C(C=O)=C\c1ccco1. The lowest BCUT2D eigenvalue weighted by Crippen LogP contribution is -1.77. The third-order valence-corrected chi connectivity index (χ3v) is 1.10. The van der Waals surface area contributed by atoms with Gasteiger partial charge in [-0.25, -0.2) is 0 Å². The third-order valence-electron chi connectivity index (χ3n) is 1.10. The number of nitriles is 1. The zero-order chi connectivity index (χ0) is 8.10. The third kappa shape index (κ3) is 1.80. The van der Waals surface area contributed by atoms with E-state index in [4.69, 9.17) is 9.68 Å². The van der Waals surface area contributed by atoms with Gasteiger partial charge in [-0.15, -0.1) is 0 Å². The first-order valence-electron chi connectivity index (χ1n) is 2.97. The number of aldehydes is 1. The lowest BCUT2D eigenvalue weighted by atomic mass is 10.3. The molecule has 0 unspecified atom stereocenters. The van der Waals surface area contributed by atoms with E-state index in [0.29, 0.717) is 12.0 Å². The molecule has 0 fully saturated rings. The highest BCUT2D eigenvalue weighted by Crippen LogP contribution is 2.04. The van der Waals surface area contributed by atoms with Crippen LogP contribution >= 0.6 is 0 Å². The predicted octanol–water partition coefficient (Wildman–Crippen LogP) is 1.39. The van der Waals surface area contributed by atoms with Crippen LogP contribution in [-0.4, -0.2) is 6.29 Å². The summed E-state index contributed by atoms with van der Waals surface area (Å²) in [5, 5.41) is 8.33. The van der Waals surface area contributed by atoms with Crippen molar-refractivity contribution in [2.24, 2.45) is 0 Å². The van der Waals surface area contributed by atoms with E-state index < -0.39 is 0 Å². The minimum absolute atomic E-state index is 0.0555. The maximum Gasteiger partial charge on any atom is 0.160 e. The first-order chi connectivity index (χ1) is 5.36. The van der Waals surface area contributed by atoms with E-state index in [-0.39, 0.29) is 5.57 Å². The van der Waals surface area contributed by atoms with Crippen molar-refractivity contribution in [1.82, 2.24) is 0 Å². The van der Waals surface area contributed by atoms with Crippen molar-refractivity contribution in [3.05, 3.63) is 29.7 Å². The molecule has 1 rings (SSSR count). The van der Waals surface area contributed by atoms with E-state index >= 15 is 0 Å². The number of hydrogen-bond acceptors (Lipinski definition) is 3. The Morgan fingerprint density at radius 1 is 1.73 bits per heavy atom. The quantitative estimate of drug-likeness (QED) is 0.360. The van der Waals surface area contributed by atoms with Crippen molar-refractivity contribution < 1.29 is 9.21 Å². The number of carbonyl (C=O) groups is 1. The molecule has 0 saturated heterocycles. The average Bonchev–Trinajstić information content (AvgIpc) is 2.52. The van der Waals surface area contributed by atoms with E-state index in [1.807, 2.05) is 0 Å². The van der Waals surface area contributed by atoms with Gasteiger partial charge in [-0.05, 0) is 12.1 Å². The van der Waals surface area contributed by atoms with Gasteiger partial charge < -0.3 is 4.42 Å². The molecule has 0 spiro atoms. The van der Waals surface area contributed by atoms with Crippen molar-refractivity contribution in [2.75, 3.05) is 0 Å². The summed E-state index contributed by atoms with van der Waals surface area (Å²) < 4.78 is 4.88. The van der Waals surface area contributed by atoms with Gasteiger partial charge in [0.1, 0.15) is 11.8 Å². The Balaban J connectivity index is 2.90. The number of hydrogen-bond donors (Lipinski definition) is 0. The summed E-state index contributed by atoms with van der Waals surface area (Å²) in [6, 6.07) is 5.08. The van der Waals surface area contributed by atoms with Crippen LogP contribution in [0, 0.1) is 11.3 Å². The summed E-state index contributed by atoms with van der Waals surface area (Å²) in [4.78, 5) is 10.1. The molecule has 3 nitrogen and oxygen atoms in total. The molecule has 11 heavy (non-hydrogen) atoms. The Labute approximate surface area is 63.5 Å². The molecular weight excluding hydrogens is 142 g/mol. The number of carbonyl (C=O) groups excluding carboxylic acids is 1. The monoisotopic (exact) mass is 147 g/mol. The molecule has 1 aromatic heterocycles. The van der Waals surface area contributed by atoms with Crippen LogP contribution in [0.15, 0.2) is 28.4 Å². The number of nitrogens with zero attached hydrogens (tertiary/aromatic N) is 1. The van der Waals surface area contributed by atoms with Gasteiger partial charge in [-0.3, -0.25) is 4.79 Å². The molecule has 0 bridgehead atoms. The molecule has 54 valence electrons. The minimum atomic E-state index is 0.0555. The molecule has 0 radical (unpaired) electrons. The molecule has 0 aromatic carbocycles. The van der Waals surface area contributed by atoms with Crippen LogP contribution < -0.4 is 0 Å². The van der Waals surface area contributed by atoms with Crippen LogP contribution in [0.5, 0.6) is 0 Å². The Bertz CT molecular complexity index is 303. The van der Waals surface area contributed by atoms with Gasteiger partial charge in [0.15, 0.2) is 6.29 Å². The van der Waals surface area contributed by atoms with Crippen molar-refractivity contribution in [3.63, 3.8) is 0 Å². The van der Waals surface area contributed by atoms with Crippen molar-refractivity contribution in [3.8, 4) is 6.07 Å².